The zero-order chi connectivity index (χ0) is 15.6. The van der Waals surface area contributed by atoms with Crippen LogP contribution in [0.2, 0.25) is 5.15 Å². The maximum absolute atomic E-state index is 12.2. The second kappa shape index (κ2) is 6.15. The topological polar surface area (TPSA) is 57.0 Å². The summed E-state index contributed by atoms with van der Waals surface area (Å²) < 4.78 is 6.57. The first kappa shape index (κ1) is 16.0. The van der Waals surface area contributed by atoms with Gasteiger partial charge in [0.15, 0.2) is 0 Å². The number of hydrogen-bond acceptors (Lipinski definition) is 4. The first-order chi connectivity index (χ1) is 9.80. The Kier molecular flexibility index (Phi) is 4.68. The smallest absolute Gasteiger partial charge is 0.435 e. The normalized spacial score (nSPS) is 11.5. The van der Waals surface area contributed by atoms with E-state index in [2.05, 4.69) is 26.0 Å². The number of nitrogens with zero attached hydrogens (tertiary/aromatic N) is 3. The molecule has 0 aliphatic heterocycles. The Hall–Kier alpha value is -1.40. The van der Waals surface area contributed by atoms with Crippen molar-refractivity contribution in [3.63, 3.8) is 0 Å². The maximum atomic E-state index is 12.2. The van der Waals surface area contributed by atoms with Crippen molar-refractivity contribution >= 4 is 33.6 Å². The van der Waals surface area contributed by atoms with Crippen molar-refractivity contribution in [2.24, 2.45) is 0 Å². The predicted octanol–water partition coefficient (Wildman–Crippen LogP) is 4.28. The second-order valence-corrected chi connectivity index (χ2v) is 6.34. The molecule has 0 aliphatic rings. The lowest BCUT2D eigenvalue weighted by atomic mass is 10.2. The van der Waals surface area contributed by atoms with Gasteiger partial charge in [-0.05, 0) is 39.0 Å². The van der Waals surface area contributed by atoms with E-state index in [9.17, 15) is 4.79 Å². The van der Waals surface area contributed by atoms with Gasteiger partial charge in [0, 0.05) is 5.33 Å². The molecule has 0 bridgehead atoms. The van der Waals surface area contributed by atoms with Crippen molar-refractivity contribution in [3.05, 3.63) is 35.1 Å². The third-order valence-electron chi connectivity index (χ3n) is 2.46. The van der Waals surface area contributed by atoms with Crippen molar-refractivity contribution in [2.75, 3.05) is 0 Å². The van der Waals surface area contributed by atoms with Gasteiger partial charge in [-0.2, -0.15) is 9.78 Å². The predicted molar refractivity (Wildman–Crippen MR) is 84.7 cm³/mol. The fourth-order valence-electron chi connectivity index (χ4n) is 1.65. The minimum Gasteiger partial charge on any atom is -0.442 e. The number of alkyl halides is 1. The number of pyridine rings is 1. The molecule has 0 saturated carbocycles. The molecule has 0 fully saturated rings. The Morgan fingerprint density at radius 1 is 1.38 bits per heavy atom. The van der Waals surface area contributed by atoms with Gasteiger partial charge in [-0.3, -0.25) is 0 Å². The van der Waals surface area contributed by atoms with Gasteiger partial charge in [-0.15, -0.1) is 0 Å². The summed E-state index contributed by atoms with van der Waals surface area (Å²) in [6, 6.07) is 7.02. The van der Waals surface area contributed by atoms with E-state index in [-0.39, 0.29) is 0 Å². The summed E-state index contributed by atoms with van der Waals surface area (Å²) in [5.74, 6) is 0. The van der Waals surface area contributed by atoms with Crippen LogP contribution in [0.1, 0.15) is 26.5 Å². The molecule has 2 rings (SSSR count). The molecule has 7 heteroatoms. The Balaban J connectivity index is 2.38. The number of ether oxygens (including phenoxy) is 1. The van der Waals surface area contributed by atoms with Gasteiger partial charge >= 0.3 is 6.09 Å². The van der Waals surface area contributed by atoms with Crippen LogP contribution in [-0.4, -0.2) is 26.5 Å². The molecule has 0 unspecified atom stereocenters. The Morgan fingerprint density at radius 2 is 2.10 bits per heavy atom. The number of carbonyl (C=O) groups excluding carboxylic acids is 1. The van der Waals surface area contributed by atoms with Gasteiger partial charge in [0.2, 0.25) is 0 Å². The van der Waals surface area contributed by atoms with E-state index in [0.717, 1.165) is 0 Å². The molecular weight excluding hydrogens is 358 g/mol. The molecular formula is C14H15BrClN3O2. The van der Waals surface area contributed by atoms with Crippen LogP contribution in [0.15, 0.2) is 24.3 Å². The highest BCUT2D eigenvalue weighted by Gasteiger charge is 2.22. The first-order valence-corrected chi connectivity index (χ1v) is 7.81. The van der Waals surface area contributed by atoms with Crippen molar-refractivity contribution in [2.45, 2.75) is 31.7 Å². The van der Waals surface area contributed by atoms with Gasteiger partial charge < -0.3 is 4.74 Å². The molecule has 0 atom stereocenters. The maximum Gasteiger partial charge on any atom is 0.435 e. The molecule has 5 nitrogen and oxygen atoms in total. The molecule has 0 aromatic carbocycles. The standard InChI is InChI=1S/C14H15BrClN3O2/c1-14(2,3)21-13(20)19-9(8-15)7-11(18-19)10-5-4-6-12(16)17-10/h4-7H,8H2,1-3H3. The van der Waals surface area contributed by atoms with E-state index >= 15 is 0 Å². The number of aromatic nitrogens is 3. The van der Waals surface area contributed by atoms with Crippen LogP contribution in [0.5, 0.6) is 0 Å². The van der Waals surface area contributed by atoms with E-state index in [1.807, 2.05) is 20.8 Å². The fourth-order valence-corrected chi connectivity index (χ4v) is 2.22. The third-order valence-corrected chi connectivity index (χ3v) is 3.25. The van der Waals surface area contributed by atoms with E-state index < -0.39 is 11.7 Å². The third kappa shape index (κ3) is 4.04. The molecule has 0 spiro atoms. The molecule has 0 N–H and O–H groups in total. The van der Waals surface area contributed by atoms with Crippen LogP contribution in [0.25, 0.3) is 11.4 Å². The average Bonchev–Trinajstić information content (AvgIpc) is 2.81. The number of carbonyl (C=O) groups is 1. The quantitative estimate of drug-likeness (QED) is 0.583. The minimum absolute atomic E-state index is 0.375. The Bertz CT molecular complexity index is 664. The molecule has 2 aromatic heterocycles. The average molecular weight is 373 g/mol. The van der Waals surface area contributed by atoms with Crippen LogP contribution in [-0.2, 0) is 10.1 Å². The highest BCUT2D eigenvalue weighted by molar-refractivity contribution is 9.08. The lowest BCUT2D eigenvalue weighted by Crippen LogP contribution is -2.28. The number of halogens is 2. The largest absolute Gasteiger partial charge is 0.442 e. The van der Waals surface area contributed by atoms with Gasteiger partial charge in [0.25, 0.3) is 0 Å². The van der Waals surface area contributed by atoms with Crippen LogP contribution in [0, 0.1) is 0 Å². The van der Waals surface area contributed by atoms with Crippen molar-refractivity contribution in [1.82, 2.24) is 14.8 Å². The Labute approximate surface area is 136 Å². The van der Waals surface area contributed by atoms with Crippen LogP contribution >= 0.6 is 27.5 Å². The number of hydrogen-bond donors (Lipinski definition) is 0. The molecule has 21 heavy (non-hydrogen) atoms. The van der Waals surface area contributed by atoms with Crippen molar-refractivity contribution < 1.29 is 9.53 Å². The van der Waals surface area contributed by atoms with Gasteiger partial charge in [0.05, 0.1) is 11.4 Å². The molecule has 2 aromatic rings. The lowest BCUT2D eigenvalue weighted by molar-refractivity contribution is 0.0511. The van der Waals surface area contributed by atoms with Crippen molar-refractivity contribution in [1.29, 1.82) is 0 Å². The molecule has 112 valence electrons. The van der Waals surface area contributed by atoms with Crippen LogP contribution in [0.4, 0.5) is 4.79 Å². The molecule has 0 aliphatic carbocycles. The fraction of sp³-hybridized carbons (Fsp3) is 0.357. The van der Waals surface area contributed by atoms with Crippen LogP contribution in [0.3, 0.4) is 0 Å². The van der Waals surface area contributed by atoms with Gasteiger partial charge in [-0.25, -0.2) is 9.78 Å². The van der Waals surface area contributed by atoms with E-state index in [1.54, 1.807) is 24.3 Å². The Morgan fingerprint density at radius 3 is 2.67 bits per heavy atom. The lowest BCUT2D eigenvalue weighted by Gasteiger charge is -2.19. The molecule has 0 amide bonds. The van der Waals surface area contributed by atoms with Gasteiger partial charge in [0.1, 0.15) is 16.4 Å². The summed E-state index contributed by atoms with van der Waals surface area (Å²) in [6.07, 6.45) is -0.523. The summed E-state index contributed by atoms with van der Waals surface area (Å²) >= 11 is 9.22. The monoisotopic (exact) mass is 371 g/mol. The zero-order valence-electron chi connectivity index (χ0n) is 11.9. The zero-order valence-corrected chi connectivity index (χ0v) is 14.3. The summed E-state index contributed by atoms with van der Waals surface area (Å²) in [5.41, 5.74) is 1.27. The first-order valence-electron chi connectivity index (χ1n) is 6.31. The minimum atomic E-state index is -0.582. The van der Waals surface area contributed by atoms with Crippen LogP contribution < -0.4 is 0 Å². The van der Waals surface area contributed by atoms with Crippen molar-refractivity contribution in [3.8, 4) is 11.4 Å². The summed E-state index contributed by atoms with van der Waals surface area (Å²) in [4.78, 5) is 16.4. The summed E-state index contributed by atoms with van der Waals surface area (Å²) in [7, 11) is 0. The summed E-state index contributed by atoms with van der Waals surface area (Å²) in [5, 5.41) is 5.11. The highest BCUT2D eigenvalue weighted by atomic mass is 79.9. The molecule has 0 radical (unpaired) electrons. The molecule has 2 heterocycles. The number of rotatable bonds is 2. The summed E-state index contributed by atoms with van der Waals surface area (Å²) in [6.45, 7) is 5.42. The van der Waals surface area contributed by atoms with E-state index in [4.69, 9.17) is 16.3 Å². The second-order valence-electron chi connectivity index (χ2n) is 5.39. The highest BCUT2D eigenvalue weighted by Crippen LogP contribution is 2.21. The molecule has 0 saturated heterocycles. The van der Waals surface area contributed by atoms with Gasteiger partial charge in [-0.1, -0.05) is 33.6 Å². The van der Waals surface area contributed by atoms with E-state index in [1.165, 1.54) is 4.68 Å². The van der Waals surface area contributed by atoms with E-state index in [0.29, 0.717) is 27.6 Å². The SMILES string of the molecule is CC(C)(C)OC(=O)n1nc(-c2cccc(Cl)n2)cc1CBr.